The Hall–Kier alpha value is -2.98. The monoisotopic (exact) mass is 488 g/mol. The zero-order chi connectivity index (χ0) is 23.7. The molecule has 1 atom stereocenters. The van der Waals surface area contributed by atoms with Crippen LogP contribution in [0.4, 0.5) is 5.13 Å². The number of nitrogens with zero attached hydrogens (tertiary/aromatic N) is 4. The highest BCUT2D eigenvalue weighted by molar-refractivity contribution is 7.16. The molecule has 2 aromatic carbocycles. The van der Waals surface area contributed by atoms with E-state index in [9.17, 15) is 10.1 Å². The highest BCUT2D eigenvalue weighted by Crippen LogP contribution is 2.42. The van der Waals surface area contributed by atoms with E-state index in [1.165, 1.54) is 33.6 Å². The normalized spacial score (nSPS) is 17.7. The molecule has 1 unspecified atom stereocenters. The summed E-state index contributed by atoms with van der Waals surface area (Å²) < 4.78 is 0. The largest absolute Gasteiger partial charge is 0.344 e. The summed E-state index contributed by atoms with van der Waals surface area (Å²) >= 11 is 7.48. The van der Waals surface area contributed by atoms with E-state index < -0.39 is 0 Å². The maximum absolute atomic E-state index is 10.8. The third kappa shape index (κ3) is 4.39. The Morgan fingerprint density at radius 1 is 1.24 bits per heavy atom. The van der Waals surface area contributed by atoms with Crippen molar-refractivity contribution in [2.45, 2.75) is 25.3 Å². The first-order chi connectivity index (χ1) is 16.6. The van der Waals surface area contributed by atoms with Gasteiger partial charge in [-0.1, -0.05) is 53.3 Å². The van der Waals surface area contributed by atoms with Gasteiger partial charge < -0.3 is 9.69 Å². The Balaban J connectivity index is 1.42. The average Bonchev–Trinajstić information content (AvgIpc) is 3.49. The molecule has 0 radical (unpaired) electrons. The minimum absolute atomic E-state index is 0.224. The molecular formula is C27H25ClN4OS. The first kappa shape index (κ1) is 22.8. The molecule has 172 valence electrons. The van der Waals surface area contributed by atoms with Crippen LogP contribution in [0.2, 0.25) is 5.02 Å². The summed E-state index contributed by atoms with van der Waals surface area (Å²) in [6, 6.07) is 16.9. The van der Waals surface area contributed by atoms with Crippen LogP contribution in [0.5, 0.6) is 0 Å². The third-order valence-electron chi connectivity index (χ3n) is 6.79. The lowest BCUT2D eigenvalue weighted by Gasteiger charge is -2.27. The van der Waals surface area contributed by atoms with Crippen LogP contribution in [0, 0.1) is 11.3 Å². The van der Waals surface area contributed by atoms with Crippen molar-refractivity contribution in [2.24, 2.45) is 0 Å². The molecule has 0 fully saturated rings. The lowest BCUT2D eigenvalue weighted by atomic mass is 9.95. The van der Waals surface area contributed by atoms with Gasteiger partial charge in [-0.25, -0.2) is 4.98 Å². The predicted octanol–water partition coefficient (Wildman–Crippen LogP) is 5.75. The van der Waals surface area contributed by atoms with Gasteiger partial charge in [0.2, 0.25) is 0 Å². The smallest absolute Gasteiger partial charge is 0.187 e. The van der Waals surface area contributed by atoms with E-state index >= 15 is 0 Å². The van der Waals surface area contributed by atoms with Crippen molar-refractivity contribution in [2.75, 3.05) is 31.6 Å². The summed E-state index contributed by atoms with van der Waals surface area (Å²) in [5.74, 6) is 0. The van der Waals surface area contributed by atoms with Crippen LogP contribution >= 0.6 is 22.9 Å². The number of hydrogen-bond donors (Lipinski definition) is 0. The fourth-order valence-corrected chi connectivity index (χ4v) is 5.92. The number of anilines is 1. The van der Waals surface area contributed by atoms with Crippen molar-refractivity contribution in [1.82, 2.24) is 9.88 Å². The van der Waals surface area contributed by atoms with Crippen LogP contribution in [-0.4, -0.2) is 42.9 Å². The van der Waals surface area contributed by atoms with Crippen LogP contribution in [0.15, 0.2) is 48.5 Å². The standard InChI is InChI=1S/C27H25ClN4OS/c1-31(27-30-26(25(17-29)34-27)20-4-7-22(28)8-5-20)24-9-6-19-2-3-21(16-23(19)24)18-10-12-32(13-11-18)14-15-33/h2-5,7-8,10,15-16,24H,6,9,11-14H2,1H3. The predicted molar refractivity (Wildman–Crippen MR) is 138 cm³/mol. The first-order valence-corrected chi connectivity index (χ1v) is 12.6. The molecular weight excluding hydrogens is 464 g/mol. The van der Waals surface area contributed by atoms with Crippen molar-refractivity contribution >= 4 is 39.9 Å². The topological polar surface area (TPSA) is 60.2 Å². The molecule has 0 bridgehead atoms. The zero-order valence-corrected chi connectivity index (χ0v) is 20.6. The number of hydrogen-bond acceptors (Lipinski definition) is 6. The number of aromatic nitrogens is 1. The summed E-state index contributed by atoms with van der Waals surface area (Å²) in [6.07, 6.45) is 6.25. The average molecular weight is 489 g/mol. The van der Waals surface area contributed by atoms with E-state index in [1.54, 1.807) is 0 Å². The maximum atomic E-state index is 10.8. The molecule has 2 heterocycles. The van der Waals surface area contributed by atoms with Gasteiger partial charge in [0.15, 0.2) is 5.13 Å². The summed E-state index contributed by atoms with van der Waals surface area (Å²) in [5.41, 5.74) is 6.96. The number of carbonyl (C=O) groups excluding carboxylic acids is 1. The number of nitriles is 1. The van der Waals surface area contributed by atoms with Crippen molar-refractivity contribution in [3.8, 4) is 17.3 Å². The number of aldehydes is 1. The minimum atomic E-state index is 0.224. The highest BCUT2D eigenvalue weighted by atomic mass is 35.5. The Bertz CT molecular complexity index is 1290. The van der Waals surface area contributed by atoms with Gasteiger partial charge >= 0.3 is 0 Å². The molecule has 5 nitrogen and oxygen atoms in total. The van der Waals surface area contributed by atoms with E-state index in [4.69, 9.17) is 16.6 Å². The molecule has 2 aliphatic rings. The molecule has 0 spiro atoms. The molecule has 0 N–H and O–H groups in total. The van der Waals surface area contributed by atoms with Gasteiger partial charge in [0.25, 0.3) is 0 Å². The van der Waals surface area contributed by atoms with Gasteiger partial charge in [-0.3, -0.25) is 4.90 Å². The summed E-state index contributed by atoms with van der Waals surface area (Å²) in [5, 5.41) is 11.2. The summed E-state index contributed by atoms with van der Waals surface area (Å²) in [7, 11) is 2.08. The molecule has 1 aromatic heterocycles. The number of rotatable bonds is 6. The molecule has 0 amide bonds. The van der Waals surface area contributed by atoms with Crippen molar-refractivity contribution < 1.29 is 4.79 Å². The molecule has 3 aromatic rings. The van der Waals surface area contributed by atoms with Gasteiger partial charge in [0, 0.05) is 30.7 Å². The minimum Gasteiger partial charge on any atom is -0.344 e. The van der Waals surface area contributed by atoms with Gasteiger partial charge in [-0.05, 0) is 59.7 Å². The highest BCUT2D eigenvalue weighted by Gasteiger charge is 2.29. The summed E-state index contributed by atoms with van der Waals surface area (Å²) in [6.45, 7) is 2.23. The third-order valence-corrected chi connectivity index (χ3v) is 8.10. The number of carbonyl (C=O) groups is 1. The molecule has 34 heavy (non-hydrogen) atoms. The van der Waals surface area contributed by atoms with E-state index in [0.29, 0.717) is 22.1 Å². The number of fused-ring (bicyclic) bond motifs is 1. The molecule has 0 saturated carbocycles. The number of halogens is 1. The molecule has 1 aliphatic heterocycles. The van der Waals surface area contributed by atoms with Gasteiger partial charge in [-0.15, -0.1) is 0 Å². The maximum Gasteiger partial charge on any atom is 0.187 e. The molecule has 7 heteroatoms. The van der Waals surface area contributed by atoms with Crippen LogP contribution in [0.25, 0.3) is 16.8 Å². The molecule has 5 rings (SSSR count). The second-order valence-corrected chi connectivity index (χ2v) is 10.2. The summed E-state index contributed by atoms with van der Waals surface area (Å²) in [4.78, 5) is 20.7. The van der Waals surface area contributed by atoms with E-state index in [1.807, 2.05) is 24.3 Å². The second kappa shape index (κ2) is 9.71. The van der Waals surface area contributed by atoms with Crippen molar-refractivity contribution in [1.29, 1.82) is 5.26 Å². The van der Waals surface area contributed by atoms with Crippen LogP contribution in [0.1, 0.15) is 40.5 Å². The SMILES string of the molecule is CN(c1nc(-c2ccc(Cl)cc2)c(C#N)s1)C1CCc2ccc(C3=CCN(CC=O)CC3)cc21. The Labute approximate surface area is 208 Å². The second-order valence-electron chi connectivity index (χ2n) is 8.78. The van der Waals surface area contributed by atoms with E-state index in [2.05, 4.69) is 47.2 Å². The van der Waals surface area contributed by atoms with Crippen LogP contribution < -0.4 is 4.90 Å². The molecule has 1 aliphatic carbocycles. The van der Waals surface area contributed by atoms with Crippen LogP contribution in [0.3, 0.4) is 0 Å². The fourth-order valence-electron chi connectivity index (χ4n) is 4.90. The number of thiazole rings is 1. The van der Waals surface area contributed by atoms with Gasteiger partial charge in [0.05, 0.1) is 12.6 Å². The first-order valence-electron chi connectivity index (χ1n) is 11.5. The Morgan fingerprint density at radius 2 is 2.03 bits per heavy atom. The Kier molecular flexibility index (Phi) is 6.51. The Morgan fingerprint density at radius 3 is 2.74 bits per heavy atom. The quantitative estimate of drug-likeness (QED) is 0.413. The fraction of sp³-hybridized carbons (Fsp3) is 0.296. The number of aryl methyl sites for hydroxylation is 1. The van der Waals surface area contributed by atoms with Crippen LogP contribution in [-0.2, 0) is 11.2 Å². The lowest BCUT2D eigenvalue weighted by molar-refractivity contribution is -0.108. The lowest BCUT2D eigenvalue weighted by Crippen LogP contribution is -2.30. The van der Waals surface area contributed by atoms with Gasteiger partial charge in [-0.2, -0.15) is 5.26 Å². The van der Waals surface area contributed by atoms with E-state index in [0.717, 1.165) is 49.3 Å². The van der Waals surface area contributed by atoms with E-state index in [-0.39, 0.29) is 6.04 Å². The van der Waals surface area contributed by atoms with Crippen molar-refractivity contribution in [3.05, 3.63) is 75.1 Å². The van der Waals surface area contributed by atoms with Gasteiger partial charge in [0.1, 0.15) is 22.9 Å². The number of benzene rings is 2. The zero-order valence-electron chi connectivity index (χ0n) is 19.0. The van der Waals surface area contributed by atoms with Crippen molar-refractivity contribution in [3.63, 3.8) is 0 Å². The molecule has 0 saturated heterocycles.